The van der Waals surface area contributed by atoms with Crippen molar-refractivity contribution in [2.45, 2.75) is 19.6 Å². The van der Waals surface area contributed by atoms with E-state index in [9.17, 15) is 18.0 Å². The number of nitrogens with zero attached hydrogens (tertiary/aromatic N) is 3. The Morgan fingerprint density at radius 2 is 2.00 bits per heavy atom. The SMILES string of the molecule is Cc1ccc(CN2C[C@@H]3COC[C@H](C(=O)Nc4cnccn4)[C@@H]3C2)o1.O=C(O)C(F)(F)F. The van der Waals surface area contributed by atoms with Crippen LogP contribution in [-0.4, -0.2) is 64.3 Å². The lowest BCUT2D eigenvalue weighted by Crippen LogP contribution is -2.42. The second-order valence-electron chi connectivity index (χ2n) is 7.66. The minimum atomic E-state index is -5.08. The monoisotopic (exact) mass is 456 g/mol. The first-order chi connectivity index (χ1) is 15.1. The molecule has 0 spiro atoms. The van der Waals surface area contributed by atoms with E-state index in [0.29, 0.717) is 30.9 Å². The summed E-state index contributed by atoms with van der Waals surface area (Å²) >= 11 is 0. The molecule has 9 nitrogen and oxygen atoms in total. The lowest BCUT2D eigenvalue weighted by molar-refractivity contribution is -0.192. The van der Waals surface area contributed by atoms with Gasteiger partial charge < -0.3 is 19.6 Å². The van der Waals surface area contributed by atoms with E-state index in [-0.39, 0.29) is 11.8 Å². The van der Waals surface area contributed by atoms with Gasteiger partial charge in [-0.2, -0.15) is 13.2 Å². The summed E-state index contributed by atoms with van der Waals surface area (Å²) in [5.41, 5.74) is 0. The number of ether oxygens (including phenoxy) is 1. The number of rotatable bonds is 4. The number of alkyl halides is 3. The minimum Gasteiger partial charge on any atom is -0.475 e. The first-order valence-electron chi connectivity index (χ1n) is 9.86. The summed E-state index contributed by atoms with van der Waals surface area (Å²) in [5, 5.41) is 9.99. The van der Waals surface area contributed by atoms with E-state index < -0.39 is 12.1 Å². The Labute approximate surface area is 181 Å². The molecule has 2 N–H and O–H groups in total. The summed E-state index contributed by atoms with van der Waals surface area (Å²) in [6.07, 6.45) is -0.377. The third-order valence-electron chi connectivity index (χ3n) is 5.28. The van der Waals surface area contributed by atoms with Gasteiger partial charge in [0.1, 0.15) is 11.5 Å². The highest BCUT2D eigenvalue weighted by Crippen LogP contribution is 2.35. The molecule has 2 aliphatic rings. The van der Waals surface area contributed by atoms with Crippen molar-refractivity contribution < 1.29 is 37.0 Å². The first kappa shape index (κ1) is 23.7. The second-order valence-corrected chi connectivity index (χ2v) is 7.66. The number of aliphatic carboxylic acids is 1. The smallest absolute Gasteiger partial charge is 0.475 e. The summed E-state index contributed by atoms with van der Waals surface area (Å²) in [6, 6.07) is 4.00. The van der Waals surface area contributed by atoms with E-state index in [1.165, 1.54) is 0 Å². The van der Waals surface area contributed by atoms with Crippen molar-refractivity contribution in [1.29, 1.82) is 0 Å². The van der Waals surface area contributed by atoms with Gasteiger partial charge in [-0.3, -0.25) is 14.7 Å². The normalized spacial score (nSPS) is 23.1. The summed E-state index contributed by atoms with van der Waals surface area (Å²) < 4.78 is 43.1. The zero-order valence-corrected chi connectivity index (χ0v) is 17.2. The molecule has 32 heavy (non-hydrogen) atoms. The lowest BCUT2D eigenvalue weighted by Gasteiger charge is -2.31. The van der Waals surface area contributed by atoms with Crippen molar-refractivity contribution in [1.82, 2.24) is 14.9 Å². The lowest BCUT2D eigenvalue weighted by atomic mass is 9.82. The van der Waals surface area contributed by atoms with Crippen molar-refractivity contribution in [3.05, 3.63) is 42.2 Å². The average molecular weight is 456 g/mol. The number of hydrogen-bond donors (Lipinski definition) is 2. The van der Waals surface area contributed by atoms with Gasteiger partial charge in [-0.1, -0.05) is 0 Å². The molecule has 0 aromatic carbocycles. The zero-order valence-electron chi connectivity index (χ0n) is 17.2. The number of nitrogens with one attached hydrogen (secondary N) is 1. The second kappa shape index (κ2) is 10.1. The van der Waals surface area contributed by atoms with Crippen molar-refractivity contribution in [2.75, 3.05) is 31.6 Å². The Morgan fingerprint density at radius 3 is 2.59 bits per heavy atom. The number of amides is 1. The third kappa shape index (κ3) is 6.26. The predicted molar refractivity (Wildman–Crippen MR) is 104 cm³/mol. The van der Waals surface area contributed by atoms with E-state index in [1.807, 2.05) is 19.1 Å². The van der Waals surface area contributed by atoms with Crippen LogP contribution in [0.25, 0.3) is 0 Å². The fraction of sp³-hybridized carbons (Fsp3) is 0.500. The molecule has 2 aliphatic heterocycles. The molecule has 4 rings (SSSR count). The van der Waals surface area contributed by atoms with Gasteiger partial charge in [-0.05, 0) is 30.9 Å². The highest BCUT2D eigenvalue weighted by atomic mass is 19.4. The number of carboxylic acid groups (broad SMARTS) is 1. The number of anilines is 1. The molecular formula is C20H23F3N4O5. The van der Waals surface area contributed by atoms with Crippen LogP contribution >= 0.6 is 0 Å². The van der Waals surface area contributed by atoms with Crippen LogP contribution in [0.2, 0.25) is 0 Å². The average Bonchev–Trinajstić information content (AvgIpc) is 3.33. The van der Waals surface area contributed by atoms with Gasteiger partial charge >= 0.3 is 12.1 Å². The van der Waals surface area contributed by atoms with Gasteiger partial charge in [0.15, 0.2) is 5.82 Å². The van der Waals surface area contributed by atoms with Gasteiger partial charge in [0.25, 0.3) is 0 Å². The molecule has 2 aromatic heterocycles. The Morgan fingerprint density at radius 1 is 1.25 bits per heavy atom. The van der Waals surface area contributed by atoms with Gasteiger partial charge in [0.2, 0.25) is 5.91 Å². The van der Waals surface area contributed by atoms with Crippen molar-refractivity contribution >= 4 is 17.7 Å². The quantitative estimate of drug-likeness (QED) is 0.720. The van der Waals surface area contributed by atoms with Gasteiger partial charge in [0.05, 0.1) is 31.9 Å². The number of carbonyl (C=O) groups is 2. The highest BCUT2D eigenvalue weighted by molar-refractivity contribution is 5.92. The Hall–Kier alpha value is -2.99. The summed E-state index contributed by atoms with van der Waals surface area (Å²) in [7, 11) is 0. The topological polar surface area (TPSA) is 118 Å². The van der Waals surface area contributed by atoms with Crippen molar-refractivity contribution in [3.8, 4) is 0 Å². The van der Waals surface area contributed by atoms with Crippen LogP contribution in [0.5, 0.6) is 0 Å². The molecule has 2 saturated heterocycles. The number of likely N-dealkylation sites (tertiary alicyclic amines) is 1. The summed E-state index contributed by atoms with van der Waals surface area (Å²) in [5.74, 6) is 0.0933. The molecular weight excluding hydrogens is 433 g/mol. The predicted octanol–water partition coefficient (Wildman–Crippen LogP) is 2.34. The van der Waals surface area contributed by atoms with Crippen LogP contribution in [0.15, 0.2) is 35.1 Å². The summed E-state index contributed by atoms with van der Waals surface area (Å²) in [4.78, 5) is 32.0. The molecule has 0 bridgehead atoms. The molecule has 4 heterocycles. The maximum atomic E-state index is 12.7. The molecule has 0 aliphatic carbocycles. The number of fused-ring (bicyclic) bond motifs is 1. The Kier molecular flexibility index (Phi) is 7.46. The maximum Gasteiger partial charge on any atom is 0.490 e. The van der Waals surface area contributed by atoms with E-state index in [4.69, 9.17) is 19.1 Å². The van der Waals surface area contributed by atoms with E-state index in [0.717, 1.165) is 31.2 Å². The van der Waals surface area contributed by atoms with Crippen LogP contribution < -0.4 is 5.32 Å². The molecule has 174 valence electrons. The van der Waals surface area contributed by atoms with Gasteiger partial charge in [-0.25, -0.2) is 9.78 Å². The first-order valence-corrected chi connectivity index (χ1v) is 9.86. The molecule has 3 atom stereocenters. The largest absolute Gasteiger partial charge is 0.490 e. The van der Waals surface area contributed by atoms with E-state index in [1.54, 1.807) is 18.6 Å². The van der Waals surface area contributed by atoms with Crippen LogP contribution in [0.3, 0.4) is 0 Å². The zero-order chi connectivity index (χ0) is 23.3. The Balaban J connectivity index is 0.000000360. The van der Waals surface area contributed by atoms with Crippen LogP contribution in [0.1, 0.15) is 11.5 Å². The van der Waals surface area contributed by atoms with Crippen molar-refractivity contribution in [2.24, 2.45) is 17.8 Å². The molecule has 0 saturated carbocycles. The fourth-order valence-electron chi connectivity index (χ4n) is 3.86. The number of aryl methyl sites for hydroxylation is 1. The highest BCUT2D eigenvalue weighted by Gasteiger charge is 2.44. The number of aromatic nitrogens is 2. The third-order valence-corrected chi connectivity index (χ3v) is 5.28. The van der Waals surface area contributed by atoms with Crippen LogP contribution in [-0.2, 0) is 20.9 Å². The number of carbonyl (C=O) groups excluding carboxylic acids is 1. The van der Waals surface area contributed by atoms with Gasteiger partial charge in [0, 0.05) is 25.5 Å². The number of hydrogen-bond acceptors (Lipinski definition) is 7. The van der Waals surface area contributed by atoms with Crippen molar-refractivity contribution in [3.63, 3.8) is 0 Å². The van der Waals surface area contributed by atoms with Crippen LogP contribution in [0.4, 0.5) is 19.0 Å². The fourth-order valence-corrected chi connectivity index (χ4v) is 3.86. The summed E-state index contributed by atoms with van der Waals surface area (Å²) in [6.45, 7) is 5.72. The minimum absolute atomic E-state index is 0.0362. The molecule has 0 unspecified atom stereocenters. The number of halogens is 3. The van der Waals surface area contributed by atoms with Gasteiger partial charge in [-0.15, -0.1) is 0 Å². The molecule has 2 fully saturated rings. The number of furan rings is 1. The molecule has 12 heteroatoms. The maximum absolute atomic E-state index is 12.7. The van der Waals surface area contributed by atoms with E-state index in [2.05, 4.69) is 20.2 Å². The molecule has 2 aromatic rings. The Bertz CT molecular complexity index is 921. The standard InChI is InChI=1S/C18H22N4O3.C2HF3O2/c1-12-2-3-14(25-12)8-22-7-13-10-24-11-16(15(13)9-22)18(23)21-17-6-19-4-5-20-17;3-2(4,5)1(6)7/h2-6,13,15-16H,7-11H2,1H3,(H,20,21,23);(H,6,7)/t13-,15-,16+;/m1./s1. The van der Waals surface area contributed by atoms with Crippen LogP contribution in [0, 0.1) is 24.7 Å². The van der Waals surface area contributed by atoms with E-state index >= 15 is 0 Å². The molecule has 0 radical (unpaired) electrons. The number of carboxylic acids is 1. The molecule has 1 amide bonds.